The topological polar surface area (TPSA) is 94.5 Å². The van der Waals surface area contributed by atoms with Crippen molar-refractivity contribution in [2.75, 3.05) is 21.3 Å². The van der Waals surface area contributed by atoms with Gasteiger partial charge in [-0.25, -0.2) is 0 Å². The van der Waals surface area contributed by atoms with E-state index < -0.39 is 7.74 Å². The molecule has 0 unspecified atom stereocenters. The molecule has 29 heavy (non-hydrogen) atoms. The van der Waals surface area contributed by atoms with E-state index in [9.17, 15) is 0 Å². The minimum atomic E-state index is -2.94. The van der Waals surface area contributed by atoms with E-state index >= 15 is 0 Å². The summed E-state index contributed by atoms with van der Waals surface area (Å²) < 4.78 is 20.9. The Bertz CT molecular complexity index is 1160. The van der Waals surface area contributed by atoms with Crippen LogP contribution in [0.5, 0.6) is 0 Å². The Hall–Kier alpha value is -2.90. The molecule has 0 saturated carbocycles. The third kappa shape index (κ3) is 3.59. The number of benzene rings is 2. The highest BCUT2D eigenvalue weighted by Gasteiger charge is 2.24. The van der Waals surface area contributed by atoms with Crippen LogP contribution in [0.3, 0.4) is 0 Å². The van der Waals surface area contributed by atoms with Crippen molar-refractivity contribution >= 4 is 24.6 Å². The number of aromatic nitrogens is 4. The summed E-state index contributed by atoms with van der Waals surface area (Å²) in [7, 11) is 1.54. The number of nitrogens with one attached hydrogen (secondary N) is 1. The normalized spacial score (nSPS) is 11.7. The van der Waals surface area contributed by atoms with Crippen LogP contribution in [0.4, 0.5) is 5.82 Å². The Morgan fingerprint density at radius 1 is 0.793 bits per heavy atom. The molecule has 0 radical (unpaired) electrons. The fourth-order valence-corrected chi connectivity index (χ4v) is 4.18. The molecule has 2 aromatic heterocycles. The smallest absolute Gasteiger partial charge is 0.306 e. The Morgan fingerprint density at radius 2 is 1.38 bits per heavy atom. The van der Waals surface area contributed by atoms with Gasteiger partial charge in [0.05, 0.1) is 5.39 Å². The minimum absolute atomic E-state index is 0.393. The lowest BCUT2D eigenvalue weighted by molar-refractivity contribution is 0.224. The van der Waals surface area contributed by atoms with Gasteiger partial charge in [-0.05, 0) is 5.56 Å². The maximum Gasteiger partial charge on any atom is 0.361 e. The van der Waals surface area contributed by atoms with Crippen LogP contribution >= 0.6 is 7.74 Å². The molecule has 9 heteroatoms. The summed E-state index contributed by atoms with van der Waals surface area (Å²) in [6.45, 7) is 0. The van der Waals surface area contributed by atoms with E-state index in [1.54, 1.807) is 0 Å². The molecule has 4 aromatic rings. The molecule has 0 aliphatic rings. The lowest BCUT2D eigenvalue weighted by Crippen LogP contribution is -1.94. The standard InChI is InChI=1S/C20H20N5O3P/c1-26-29(27-2,28-3)25-20-17-16(14-10-6-4-7-11-14)18(15-12-8-5-9-13-15)21-22-19(17)23-24-20/h4-13H,1-3H3,(H,22,23,24). The highest BCUT2D eigenvalue weighted by molar-refractivity contribution is 7.51. The van der Waals surface area contributed by atoms with Gasteiger partial charge in [0.2, 0.25) is 0 Å². The van der Waals surface area contributed by atoms with E-state index in [4.69, 9.17) is 13.6 Å². The summed E-state index contributed by atoms with van der Waals surface area (Å²) in [6.07, 6.45) is 0. The van der Waals surface area contributed by atoms with Gasteiger partial charge < -0.3 is 13.6 Å². The molecule has 0 fully saturated rings. The summed E-state index contributed by atoms with van der Waals surface area (Å²) in [5.41, 5.74) is 4.04. The number of aromatic amines is 1. The van der Waals surface area contributed by atoms with Gasteiger partial charge >= 0.3 is 7.74 Å². The van der Waals surface area contributed by atoms with Crippen LogP contribution < -0.4 is 0 Å². The number of hydrogen-bond donors (Lipinski definition) is 1. The summed E-state index contributed by atoms with van der Waals surface area (Å²) in [5, 5.41) is 16.8. The second-order valence-electron chi connectivity index (χ2n) is 6.04. The predicted molar refractivity (Wildman–Crippen MR) is 113 cm³/mol. The SMILES string of the molecule is COP(=Nc1n[nH]c2nnc(-c3ccccc3)c(-c3ccccc3)c12)(OC)OC. The van der Waals surface area contributed by atoms with Gasteiger partial charge in [-0.3, -0.25) is 5.10 Å². The number of H-pyrrole nitrogens is 1. The molecule has 0 aliphatic heterocycles. The minimum Gasteiger partial charge on any atom is -0.306 e. The molecule has 0 amide bonds. The van der Waals surface area contributed by atoms with E-state index in [2.05, 4.69) is 25.1 Å². The van der Waals surface area contributed by atoms with Crippen molar-refractivity contribution in [3.63, 3.8) is 0 Å². The second-order valence-corrected chi connectivity index (χ2v) is 8.28. The van der Waals surface area contributed by atoms with Gasteiger partial charge in [0.25, 0.3) is 0 Å². The van der Waals surface area contributed by atoms with E-state index in [1.807, 2.05) is 60.7 Å². The molecule has 0 spiro atoms. The maximum atomic E-state index is 5.43. The summed E-state index contributed by atoms with van der Waals surface area (Å²) >= 11 is 0. The molecule has 2 heterocycles. The molecule has 148 valence electrons. The quantitative estimate of drug-likeness (QED) is 0.440. The van der Waals surface area contributed by atoms with Gasteiger partial charge in [0, 0.05) is 32.5 Å². The zero-order valence-corrected chi connectivity index (χ0v) is 17.1. The van der Waals surface area contributed by atoms with Crippen molar-refractivity contribution in [1.29, 1.82) is 0 Å². The highest BCUT2D eigenvalue weighted by Crippen LogP contribution is 2.54. The van der Waals surface area contributed by atoms with Crippen LogP contribution in [0, 0.1) is 0 Å². The number of fused-ring (bicyclic) bond motifs is 1. The van der Waals surface area contributed by atoms with Crippen molar-refractivity contribution in [2.45, 2.75) is 0 Å². The van der Waals surface area contributed by atoms with Crippen molar-refractivity contribution in [3.8, 4) is 22.4 Å². The summed E-state index contributed by atoms with van der Waals surface area (Å²) in [6, 6.07) is 19.8. The fraction of sp³-hybridized carbons (Fsp3) is 0.150. The summed E-state index contributed by atoms with van der Waals surface area (Å²) in [4.78, 5) is 0. The van der Waals surface area contributed by atoms with E-state index in [0.29, 0.717) is 11.5 Å². The van der Waals surface area contributed by atoms with Gasteiger partial charge in [0.1, 0.15) is 5.69 Å². The van der Waals surface area contributed by atoms with Crippen LogP contribution in [0.15, 0.2) is 65.4 Å². The second kappa shape index (κ2) is 8.23. The lowest BCUT2D eigenvalue weighted by atomic mass is 9.97. The van der Waals surface area contributed by atoms with Crippen LogP contribution in [0.25, 0.3) is 33.4 Å². The Balaban J connectivity index is 2.09. The highest BCUT2D eigenvalue weighted by atomic mass is 31.2. The first-order chi connectivity index (χ1) is 14.2. The molecule has 0 atom stereocenters. The van der Waals surface area contributed by atoms with Crippen molar-refractivity contribution in [2.24, 2.45) is 4.74 Å². The van der Waals surface area contributed by atoms with Crippen LogP contribution in [-0.4, -0.2) is 41.7 Å². The average molecular weight is 409 g/mol. The van der Waals surface area contributed by atoms with Gasteiger partial charge in [-0.2, -0.15) is 9.84 Å². The molecular weight excluding hydrogens is 389 g/mol. The molecule has 0 saturated heterocycles. The summed E-state index contributed by atoms with van der Waals surface area (Å²) in [5.74, 6) is 0.393. The molecule has 1 N–H and O–H groups in total. The van der Waals surface area contributed by atoms with Gasteiger partial charge in [-0.15, -0.1) is 10.2 Å². The number of nitrogens with zero attached hydrogens (tertiary/aromatic N) is 4. The third-order valence-electron chi connectivity index (χ3n) is 4.48. The zero-order valence-electron chi connectivity index (χ0n) is 16.2. The van der Waals surface area contributed by atoms with E-state index in [-0.39, 0.29) is 0 Å². The third-order valence-corrected chi connectivity index (χ3v) is 6.30. The van der Waals surface area contributed by atoms with Crippen LogP contribution in [0.2, 0.25) is 0 Å². The Morgan fingerprint density at radius 3 is 1.97 bits per heavy atom. The molecule has 2 aromatic carbocycles. The van der Waals surface area contributed by atoms with Gasteiger partial charge in [-0.1, -0.05) is 60.7 Å². The first-order valence-electron chi connectivity index (χ1n) is 8.86. The molecule has 4 rings (SSSR count). The average Bonchev–Trinajstić information content (AvgIpc) is 3.20. The zero-order chi connectivity index (χ0) is 20.3. The fourth-order valence-electron chi connectivity index (χ4n) is 3.11. The molecule has 0 bridgehead atoms. The first-order valence-corrected chi connectivity index (χ1v) is 10.4. The van der Waals surface area contributed by atoms with Crippen LogP contribution in [0.1, 0.15) is 0 Å². The first kappa shape index (κ1) is 19.4. The maximum absolute atomic E-state index is 5.43. The van der Waals surface area contributed by atoms with E-state index in [0.717, 1.165) is 27.8 Å². The largest absolute Gasteiger partial charge is 0.361 e. The number of hydrogen-bond acceptors (Lipinski definition) is 7. The van der Waals surface area contributed by atoms with Crippen LogP contribution in [-0.2, 0) is 13.6 Å². The van der Waals surface area contributed by atoms with Crippen molar-refractivity contribution in [1.82, 2.24) is 20.4 Å². The Kier molecular flexibility index (Phi) is 5.51. The Labute approximate surface area is 168 Å². The van der Waals surface area contributed by atoms with E-state index in [1.165, 1.54) is 21.3 Å². The molecule has 8 nitrogen and oxygen atoms in total. The predicted octanol–water partition coefficient (Wildman–Crippen LogP) is 5.20. The molecule has 0 aliphatic carbocycles. The number of rotatable bonds is 6. The lowest BCUT2D eigenvalue weighted by Gasteiger charge is -2.16. The van der Waals surface area contributed by atoms with Crippen molar-refractivity contribution in [3.05, 3.63) is 60.7 Å². The van der Waals surface area contributed by atoms with Crippen molar-refractivity contribution < 1.29 is 13.6 Å². The molecular formula is C20H20N5O3P. The monoisotopic (exact) mass is 409 g/mol. The van der Waals surface area contributed by atoms with Gasteiger partial charge in [0.15, 0.2) is 11.5 Å².